The van der Waals surface area contributed by atoms with Crippen molar-refractivity contribution in [2.45, 2.75) is 57.7 Å². The van der Waals surface area contributed by atoms with Crippen LogP contribution in [-0.2, 0) is 6.42 Å². The summed E-state index contributed by atoms with van der Waals surface area (Å²) in [5, 5.41) is 2.78. The maximum absolute atomic E-state index is 6.49. The van der Waals surface area contributed by atoms with Crippen molar-refractivity contribution in [2.24, 2.45) is 0 Å². The monoisotopic (exact) mass is 374 g/mol. The Kier molecular flexibility index (Phi) is 4.42. The molecule has 2 heteroatoms. The molecule has 140 valence electrons. The zero-order valence-corrected chi connectivity index (χ0v) is 18.2. The molecule has 3 aromatic rings. The van der Waals surface area contributed by atoms with Gasteiger partial charge in [-0.2, -0.15) is 0 Å². The van der Waals surface area contributed by atoms with Crippen molar-refractivity contribution in [3.05, 3.63) is 77.4 Å². The number of fused-ring (bicyclic) bond motifs is 2. The molecule has 0 N–H and O–H groups in total. The van der Waals surface area contributed by atoms with Gasteiger partial charge in [-0.25, -0.2) is 0 Å². The molecular formula is C25H30OSi. The van der Waals surface area contributed by atoms with Crippen LogP contribution in [0.4, 0.5) is 0 Å². The highest BCUT2D eigenvalue weighted by Crippen LogP contribution is 2.40. The number of rotatable bonds is 3. The Bertz CT molecular complexity index is 981. The van der Waals surface area contributed by atoms with E-state index >= 15 is 0 Å². The fraction of sp³-hybridized carbons (Fsp3) is 0.360. The lowest BCUT2D eigenvalue weighted by molar-refractivity contribution is 0.493. The van der Waals surface area contributed by atoms with E-state index in [1.54, 1.807) is 0 Å². The minimum absolute atomic E-state index is 0.210. The first-order valence-corrected chi connectivity index (χ1v) is 13.0. The fourth-order valence-electron chi connectivity index (χ4n) is 3.87. The van der Waals surface area contributed by atoms with Gasteiger partial charge >= 0.3 is 0 Å². The first kappa shape index (κ1) is 18.3. The second-order valence-corrected chi connectivity index (χ2v) is 14.1. The Morgan fingerprint density at radius 3 is 2.37 bits per heavy atom. The van der Waals surface area contributed by atoms with E-state index in [0.29, 0.717) is 5.92 Å². The lowest BCUT2D eigenvalue weighted by Gasteiger charge is -2.36. The number of hydrogen-bond donors (Lipinski definition) is 0. The second-order valence-electron chi connectivity index (χ2n) is 9.42. The van der Waals surface area contributed by atoms with Gasteiger partial charge in [-0.3, -0.25) is 0 Å². The summed E-state index contributed by atoms with van der Waals surface area (Å²) in [5.74, 6) is 1.54. The Balaban J connectivity index is 1.64. The van der Waals surface area contributed by atoms with Gasteiger partial charge in [0.2, 0.25) is 8.32 Å². The Hall–Kier alpha value is -2.06. The minimum atomic E-state index is -1.80. The third-order valence-corrected chi connectivity index (χ3v) is 10.9. The van der Waals surface area contributed by atoms with Crippen LogP contribution in [0.2, 0.25) is 18.1 Å². The van der Waals surface area contributed by atoms with E-state index in [4.69, 9.17) is 4.43 Å². The molecule has 0 amide bonds. The molecule has 1 aliphatic carbocycles. The quantitative estimate of drug-likeness (QED) is 0.437. The maximum Gasteiger partial charge on any atom is 0.250 e. The summed E-state index contributed by atoms with van der Waals surface area (Å²) in [6.45, 7) is 11.5. The normalized spacial score (nSPS) is 17.1. The smallest absolute Gasteiger partial charge is 0.250 e. The second kappa shape index (κ2) is 6.52. The van der Waals surface area contributed by atoms with E-state index in [1.807, 2.05) is 0 Å². The van der Waals surface area contributed by atoms with Crippen LogP contribution in [0.15, 0.2) is 60.7 Å². The molecule has 0 heterocycles. The van der Waals surface area contributed by atoms with Crippen molar-refractivity contribution in [3.8, 4) is 5.75 Å². The molecule has 4 rings (SSSR count). The van der Waals surface area contributed by atoms with Crippen LogP contribution < -0.4 is 4.43 Å². The van der Waals surface area contributed by atoms with Crippen LogP contribution in [0.5, 0.6) is 5.75 Å². The topological polar surface area (TPSA) is 9.23 Å². The van der Waals surface area contributed by atoms with Gasteiger partial charge in [0.05, 0.1) is 0 Å². The van der Waals surface area contributed by atoms with Gasteiger partial charge in [0.25, 0.3) is 0 Å². The average Bonchev–Trinajstić information content (AvgIpc) is 3.04. The largest absolute Gasteiger partial charge is 0.543 e. The molecule has 0 aliphatic heterocycles. The zero-order valence-electron chi connectivity index (χ0n) is 17.2. The standard InChI is InChI=1S/C25H30OSi/c1-25(2,3)27(4,5)26-22-14-12-19-16-21(11-10-20(19)17-22)24-15-13-18-8-6-7-9-23(18)24/h6-12,14,16-17,24H,13,15H2,1-5H3/t24-/m0/s1. The molecule has 0 saturated carbocycles. The van der Waals surface area contributed by atoms with E-state index < -0.39 is 8.32 Å². The number of benzene rings is 3. The summed E-state index contributed by atoms with van der Waals surface area (Å²) in [6.07, 6.45) is 2.41. The summed E-state index contributed by atoms with van der Waals surface area (Å²) in [7, 11) is -1.80. The van der Waals surface area contributed by atoms with Crippen LogP contribution in [0, 0.1) is 0 Å². The molecule has 1 aliphatic rings. The highest BCUT2D eigenvalue weighted by Gasteiger charge is 2.39. The highest BCUT2D eigenvalue weighted by molar-refractivity contribution is 6.74. The number of aryl methyl sites for hydroxylation is 1. The summed E-state index contributed by atoms with van der Waals surface area (Å²) >= 11 is 0. The van der Waals surface area contributed by atoms with Crippen LogP contribution in [0.25, 0.3) is 10.8 Å². The molecule has 0 fully saturated rings. The van der Waals surface area contributed by atoms with Crippen LogP contribution in [-0.4, -0.2) is 8.32 Å². The Labute approximate surface area is 164 Å². The molecule has 3 aromatic carbocycles. The summed E-state index contributed by atoms with van der Waals surface area (Å²) in [5.41, 5.74) is 4.46. The predicted octanol–water partition coefficient (Wildman–Crippen LogP) is 7.30. The SMILES string of the molecule is CC(C)(C)[Si](C)(C)Oc1ccc2cc([C@@H]3CCc4ccccc43)ccc2c1. The van der Waals surface area contributed by atoms with Crippen molar-refractivity contribution in [1.82, 2.24) is 0 Å². The molecule has 1 nitrogen and oxygen atoms in total. The molecule has 1 atom stereocenters. The van der Waals surface area contributed by atoms with Gasteiger partial charge in [-0.05, 0) is 70.6 Å². The van der Waals surface area contributed by atoms with Crippen LogP contribution in [0.1, 0.15) is 49.8 Å². The Morgan fingerprint density at radius 2 is 1.59 bits per heavy atom. The zero-order chi connectivity index (χ0) is 19.2. The van der Waals surface area contributed by atoms with E-state index in [-0.39, 0.29) is 5.04 Å². The molecule has 0 unspecified atom stereocenters. The third kappa shape index (κ3) is 3.43. The van der Waals surface area contributed by atoms with Crippen molar-refractivity contribution in [2.75, 3.05) is 0 Å². The van der Waals surface area contributed by atoms with Gasteiger partial charge in [0.1, 0.15) is 5.75 Å². The molecule has 27 heavy (non-hydrogen) atoms. The van der Waals surface area contributed by atoms with Gasteiger partial charge in [0, 0.05) is 5.92 Å². The molecular weight excluding hydrogens is 344 g/mol. The van der Waals surface area contributed by atoms with E-state index in [9.17, 15) is 0 Å². The lowest BCUT2D eigenvalue weighted by Crippen LogP contribution is -2.43. The molecule has 0 spiro atoms. The molecule has 0 radical (unpaired) electrons. The van der Waals surface area contributed by atoms with Crippen molar-refractivity contribution < 1.29 is 4.43 Å². The van der Waals surface area contributed by atoms with Gasteiger partial charge in [-0.1, -0.05) is 69.3 Å². The third-order valence-electron chi connectivity index (χ3n) is 6.55. The number of hydrogen-bond acceptors (Lipinski definition) is 1. The minimum Gasteiger partial charge on any atom is -0.543 e. The first-order chi connectivity index (χ1) is 12.7. The van der Waals surface area contributed by atoms with Crippen LogP contribution in [0.3, 0.4) is 0 Å². The van der Waals surface area contributed by atoms with Gasteiger partial charge in [0.15, 0.2) is 0 Å². The van der Waals surface area contributed by atoms with Gasteiger partial charge in [-0.15, -0.1) is 0 Å². The van der Waals surface area contributed by atoms with Gasteiger partial charge < -0.3 is 4.43 Å². The highest BCUT2D eigenvalue weighted by atomic mass is 28.4. The van der Waals surface area contributed by atoms with E-state index in [1.165, 1.54) is 40.3 Å². The van der Waals surface area contributed by atoms with E-state index in [2.05, 4.69) is 94.5 Å². The summed E-state index contributed by atoms with van der Waals surface area (Å²) in [4.78, 5) is 0. The Morgan fingerprint density at radius 1 is 0.889 bits per heavy atom. The van der Waals surface area contributed by atoms with Crippen LogP contribution >= 0.6 is 0 Å². The van der Waals surface area contributed by atoms with Crippen molar-refractivity contribution in [1.29, 1.82) is 0 Å². The average molecular weight is 375 g/mol. The summed E-state index contributed by atoms with van der Waals surface area (Å²) in [6, 6.07) is 22.4. The molecule has 0 aromatic heterocycles. The van der Waals surface area contributed by atoms with Crippen molar-refractivity contribution >= 4 is 19.1 Å². The predicted molar refractivity (Wildman–Crippen MR) is 118 cm³/mol. The molecule has 0 saturated heterocycles. The van der Waals surface area contributed by atoms with Crippen molar-refractivity contribution in [3.63, 3.8) is 0 Å². The fourth-order valence-corrected chi connectivity index (χ4v) is 4.90. The maximum atomic E-state index is 6.49. The first-order valence-electron chi connectivity index (χ1n) is 10.1. The lowest BCUT2D eigenvalue weighted by atomic mass is 9.91. The van der Waals surface area contributed by atoms with E-state index in [0.717, 1.165) is 5.75 Å². The summed E-state index contributed by atoms with van der Waals surface area (Å²) < 4.78 is 6.49. The molecule has 0 bridgehead atoms.